The normalized spacial score (nSPS) is 18.9. The molecule has 0 spiro atoms. The molecule has 0 saturated carbocycles. The van der Waals surface area contributed by atoms with E-state index in [1.54, 1.807) is 24.3 Å². The Hall–Kier alpha value is -1.39. The van der Waals surface area contributed by atoms with Crippen LogP contribution < -0.4 is 5.32 Å². The number of piperazine rings is 1. The van der Waals surface area contributed by atoms with E-state index in [0.717, 1.165) is 19.6 Å². The molecule has 1 atom stereocenters. The molecule has 1 N–H and O–H groups in total. The molecule has 2 rings (SSSR count). The number of nitrogens with one attached hydrogen (secondary N) is 1. The number of carbonyl (C=O) groups excluding carboxylic acids is 2. The van der Waals surface area contributed by atoms with E-state index in [2.05, 4.69) is 5.32 Å². The first-order chi connectivity index (χ1) is 9.58. The van der Waals surface area contributed by atoms with Crippen molar-refractivity contribution in [1.82, 2.24) is 10.2 Å². The lowest BCUT2D eigenvalue weighted by Gasteiger charge is -2.34. The average Bonchev–Trinajstić information content (AvgIpc) is 2.45. The van der Waals surface area contributed by atoms with Crippen molar-refractivity contribution in [3.8, 4) is 0 Å². The summed E-state index contributed by atoms with van der Waals surface area (Å²) >= 11 is 5.78. The van der Waals surface area contributed by atoms with E-state index in [0.29, 0.717) is 10.6 Å². The Bertz CT molecular complexity index is 487. The lowest BCUT2D eigenvalue weighted by Crippen LogP contribution is -2.52. The van der Waals surface area contributed by atoms with Gasteiger partial charge in [0.25, 0.3) is 0 Å². The molecule has 0 aromatic heterocycles. The molecule has 1 saturated heterocycles. The minimum Gasteiger partial charge on any atom is -0.337 e. The van der Waals surface area contributed by atoms with Gasteiger partial charge in [-0.25, -0.2) is 0 Å². The quantitative estimate of drug-likeness (QED) is 0.866. The number of benzene rings is 1. The summed E-state index contributed by atoms with van der Waals surface area (Å²) in [5, 5.41) is 3.85. The lowest BCUT2D eigenvalue weighted by molar-refractivity contribution is -0.133. The van der Waals surface area contributed by atoms with Gasteiger partial charge in [-0.3, -0.25) is 9.59 Å². The smallest absolute Gasteiger partial charge is 0.223 e. The zero-order valence-electron chi connectivity index (χ0n) is 11.6. The van der Waals surface area contributed by atoms with Crippen LogP contribution >= 0.6 is 11.6 Å². The maximum Gasteiger partial charge on any atom is 0.223 e. The van der Waals surface area contributed by atoms with Crippen molar-refractivity contribution >= 4 is 23.3 Å². The minimum atomic E-state index is -0.0159. The third-order valence-electron chi connectivity index (χ3n) is 3.55. The van der Waals surface area contributed by atoms with Crippen LogP contribution in [0.5, 0.6) is 0 Å². The van der Waals surface area contributed by atoms with Crippen LogP contribution in [0.3, 0.4) is 0 Å². The van der Waals surface area contributed by atoms with Gasteiger partial charge in [0.1, 0.15) is 0 Å². The van der Waals surface area contributed by atoms with Gasteiger partial charge in [0.2, 0.25) is 5.91 Å². The molecule has 20 heavy (non-hydrogen) atoms. The van der Waals surface area contributed by atoms with Crippen molar-refractivity contribution in [2.24, 2.45) is 0 Å². The zero-order chi connectivity index (χ0) is 14.5. The van der Waals surface area contributed by atoms with E-state index >= 15 is 0 Å². The second-order valence-electron chi connectivity index (χ2n) is 5.07. The molecule has 1 unspecified atom stereocenters. The first-order valence-electron chi connectivity index (χ1n) is 6.87. The van der Waals surface area contributed by atoms with Crippen LogP contribution in [0.2, 0.25) is 5.02 Å². The van der Waals surface area contributed by atoms with Gasteiger partial charge in [-0.2, -0.15) is 0 Å². The van der Waals surface area contributed by atoms with Crippen molar-refractivity contribution in [2.75, 3.05) is 19.6 Å². The summed E-state index contributed by atoms with van der Waals surface area (Å²) in [7, 11) is 0. The van der Waals surface area contributed by atoms with Gasteiger partial charge in [-0.15, -0.1) is 0 Å². The molecule has 1 aliphatic heterocycles. The summed E-state index contributed by atoms with van der Waals surface area (Å²) in [6, 6.07) is 6.97. The maximum absolute atomic E-state index is 12.1. The highest BCUT2D eigenvalue weighted by Crippen LogP contribution is 2.13. The molecule has 1 fully saturated rings. The molecular formula is C15H19ClN2O2. The highest BCUT2D eigenvalue weighted by atomic mass is 35.5. The first kappa shape index (κ1) is 15.0. The number of rotatable bonds is 4. The number of Topliss-reactive ketones (excluding diaryl/α,β-unsaturated/α-hetero) is 1. The van der Waals surface area contributed by atoms with Gasteiger partial charge in [-0.1, -0.05) is 11.6 Å². The second-order valence-corrected chi connectivity index (χ2v) is 5.51. The number of amides is 1. The van der Waals surface area contributed by atoms with Gasteiger partial charge < -0.3 is 10.2 Å². The molecule has 0 radical (unpaired) electrons. The van der Waals surface area contributed by atoms with Gasteiger partial charge in [0.05, 0.1) is 0 Å². The van der Waals surface area contributed by atoms with Crippen molar-refractivity contribution in [1.29, 1.82) is 0 Å². The Morgan fingerprint density at radius 2 is 2.00 bits per heavy atom. The van der Waals surface area contributed by atoms with E-state index in [9.17, 15) is 9.59 Å². The SMILES string of the molecule is CC1CNCCN1C(=O)CCC(=O)c1ccc(Cl)cc1. The molecule has 1 aromatic rings. The van der Waals surface area contributed by atoms with Crippen LogP contribution in [0, 0.1) is 0 Å². The predicted molar refractivity (Wildman–Crippen MR) is 79.1 cm³/mol. The summed E-state index contributed by atoms with van der Waals surface area (Å²) in [6.45, 7) is 4.37. The molecular weight excluding hydrogens is 276 g/mol. The number of hydrogen-bond acceptors (Lipinski definition) is 3. The largest absolute Gasteiger partial charge is 0.337 e. The average molecular weight is 295 g/mol. The summed E-state index contributed by atoms with van der Waals surface area (Å²) in [5.41, 5.74) is 0.607. The summed E-state index contributed by atoms with van der Waals surface area (Å²) in [4.78, 5) is 26.0. The number of halogens is 1. The third kappa shape index (κ3) is 3.81. The van der Waals surface area contributed by atoms with Gasteiger partial charge in [0.15, 0.2) is 5.78 Å². The third-order valence-corrected chi connectivity index (χ3v) is 3.81. The van der Waals surface area contributed by atoms with Crippen LogP contribution in [0.15, 0.2) is 24.3 Å². The second kappa shape index (κ2) is 6.86. The summed E-state index contributed by atoms with van der Waals surface area (Å²) in [6.07, 6.45) is 0.517. The van der Waals surface area contributed by atoms with Crippen LogP contribution in [-0.4, -0.2) is 42.3 Å². The predicted octanol–water partition coefficient (Wildman–Crippen LogP) is 2.12. The zero-order valence-corrected chi connectivity index (χ0v) is 12.3. The van der Waals surface area contributed by atoms with Crippen molar-refractivity contribution in [2.45, 2.75) is 25.8 Å². The molecule has 0 bridgehead atoms. The van der Waals surface area contributed by atoms with Crippen LogP contribution in [0.25, 0.3) is 0 Å². The fourth-order valence-electron chi connectivity index (χ4n) is 2.36. The van der Waals surface area contributed by atoms with E-state index in [-0.39, 0.29) is 30.6 Å². The Morgan fingerprint density at radius 3 is 2.65 bits per heavy atom. The maximum atomic E-state index is 12.1. The van der Waals surface area contributed by atoms with Crippen LogP contribution in [-0.2, 0) is 4.79 Å². The molecule has 0 aliphatic carbocycles. The molecule has 1 heterocycles. The van der Waals surface area contributed by atoms with Crippen LogP contribution in [0.1, 0.15) is 30.1 Å². The Labute approximate surface area is 124 Å². The molecule has 108 valence electrons. The standard InChI is InChI=1S/C15H19ClN2O2/c1-11-10-17-8-9-18(11)15(20)7-6-14(19)12-2-4-13(16)5-3-12/h2-5,11,17H,6-10H2,1H3. The minimum absolute atomic E-state index is 0.0159. The van der Waals surface area contributed by atoms with Gasteiger partial charge in [0, 0.05) is 49.1 Å². The molecule has 1 amide bonds. The highest BCUT2D eigenvalue weighted by Gasteiger charge is 2.23. The van der Waals surface area contributed by atoms with E-state index in [1.807, 2.05) is 11.8 Å². The van der Waals surface area contributed by atoms with E-state index < -0.39 is 0 Å². The Kier molecular flexibility index (Phi) is 5.15. The van der Waals surface area contributed by atoms with Crippen LogP contribution in [0.4, 0.5) is 0 Å². The topological polar surface area (TPSA) is 49.4 Å². The highest BCUT2D eigenvalue weighted by molar-refractivity contribution is 6.30. The molecule has 1 aliphatic rings. The molecule has 5 heteroatoms. The van der Waals surface area contributed by atoms with Gasteiger partial charge >= 0.3 is 0 Å². The fraction of sp³-hybridized carbons (Fsp3) is 0.467. The van der Waals surface area contributed by atoms with E-state index in [4.69, 9.17) is 11.6 Å². The number of ketones is 1. The van der Waals surface area contributed by atoms with Crippen molar-refractivity contribution in [3.05, 3.63) is 34.9 Å². The Balaban J connectivity index is 1.86. The first-order valence-corrected chi connectivity index (χ1v) is 7.24. The summed E-state index contributed by atoms with van der Waals surface area (Å²) < 4.78 is 0. The van der Waals surface area contributed by atoms with Crippen molar-refractivity contribution < 1.29 is 9.59 Å². The van der Waals surface area contributed by atoms with Crippen molar-refractivity contribution in [3.63, 3.8) is 0 Å². The monoisotopic (exact) mass is 294 g/mol. The Morgan fingerprint density at radius 1 is 1.30 bits per heavy atom. The molecule has 4 nitrogen and oxygen atoms in total. The number of carbonyl (C=O) groups is 2. The lowest BCUT2D eigenvalue weighted by atomic mass is 10.1. The fourth-order valence-corrected chi connectivity index (χ4v) is 2.48. The number of nitrogens with zero attached hydrogens (tertiary/aromatic N) is 1. The summed E-state index contributed by atoms with van der Waals surface area (Å²) in [5.74, 6) is 0.0408. The van der Waals surface area contributed by atoms with Gasteiger partial charge in [-0.05, 0) is 31.2 Å². The number of hydrogen-bond donors (Lipinski definition) is 1. The van der Waals surface area contributed by atoms with E-state index in [1.165, 1.54) is 0 Å². The molecule has 1 aromatic carbocycles.